The van der Waals surface area contributed by atoms with Gasteiger partial charge in [-0.1, -0.05) is 55.8 Å². The van der Waals surface area contributed by atoms with Crippen LogP contribution >= 0.6 is 15.9 Å². The van der Waals surface area contributed by atoms with E-state index in [9.17, 15) is 9.59 Å². The summed E-state index contributed by atoms with van der Waals surface area (Å²) in [6.45, 7) is 8.41. The van der Waals surface area contributed by atoms with Crippen molar-refractivity contribution in [3.63, 3.8) is 0 Å². The zero-order chi connectivity index (χ0) is 22.4. The van der Waals surface area contributed by atoms with Crippen molar-refractivity contribution in [1.82, 2.24) is 0 Å². The largest absolute Gasteiger partial charge is 0.366 e. The maximum Gasteiger partial charge on any atom is 0.366 e. The van der Waals surface area contributed by atoms with Gasteiger partial charge in [0, 0.05) is 22.0 Å². The Balaban J connectivity index is 1.59. The molecule has 4 rings (SSSR count). The number of carbonyl (C=O) groups is 2. The van der Waals surface area contributed by atoms with Gasteiger partial charge in [0.1, 0.15) is 0 Å². The molecule has 2 fully saturated rings. The summed E-state index contributed by atoms with van der Waals surface area (Å²) in [5, 5.41) is 7.42. The highest BCUT2D eigenvalue weighted by atomic mass is 79.9. The third kappa shape index (κ3) is 3.32. The number of amides is 1. The Kier molecular flexibility index (Phi) is 5.32. The summed E-state index contributed by atoms with van der Waals surface area (Å²) in [5.41, 5.74) is 1.91. The summed E-state index contributed by atoms with van der Waals surface area (Å²) in [6, 6.07) is 14.9. The van der Waals surface area contributed by atoms with E-state index in [1.165, 1.54) is 0 Å². The number of hydrogen-bond donors (Lipinski definition) is 1. The molecule has 2 aromatic rings. The number of halogens is 1. The quantitative estimate of drug-likeness (QED) is 0.421. The van der Waals surface area contributed by atoms with E-state index >= 15 is 0 Å². The van der Waals surface area contributed by atoms with Gasteiger partial charge >= 0.3 is 5.97 Å². The first-order chi connectivity index (χ1) is 14.6. The molecular weight excluding hydrogens is 456 g/mol. The van der Waals surface area contributed by atoms with Crippen LogP contribution in [0.15, 0.2) is 58.2 Å². The fraction of sp³-hybridized carbons (Fsp3) is 0.400. The summed E-state index contributed by atoms with van der Waals surface area (Å²) < 4.78 is 0.661. The molecule has 1 amide bonds. The summed E-state index contributed by atoms with van der Waals surface area (Å²) >= 11 is 3.37. The lowest BCUT2D eigenvalue weighted by atomic mass is 9.64. The van der Waals surface area contributed by atoms with Gasteiger partial charge in [0.05, 0.1) is 16.7 Å². The van der Waals surface area contributed by atoms with Gasteiger partial charge in [-0.05, 0) is 65.4 Å². The maximum atomic E-state index is 13.5. The third-order valence-corrected chi connectivity index (χ3v) is 8.50. The van der Waals surface area contributed by atoms with Crippen LogP contribution in [0.3, 0.4) is 0 Å². The lowest BCUT2D eigenvalue weighted by Crippen LogP contribution is -2.43. The molecule has 2 atom stereocenters. The molecule has 2 aromatic carbocycles. The van der Waals surface area contributed by atoms with Crippen molar-refractivity contribution in [2.75, 3.05) is 5.32 Å². The average molecular weight is 483 g/mol. The molecule has 5 nitrogen and oxygen atoms in total. The summed E-state index contributed by atoms with van der Waals surface area (Å²) in [4.78, 5) is 31.4. The molecule has 0 spiro atoms. The maximum absolute atomic E-state index is 13.5. The second-order valence-electron chi connectivity index (χ2n) is 9.43. The van der Waals surface area contributed by atoms with Crippen LogP contribution in [0, 0.1) is 23.2 Å². The standard InChI is InChI=1S/C25H27BrN2O3/c1-16-9-11-17(12-10-16)27-22(30)25-14-13-24(4,23(25,2)3)20(15-25)28-31-21(29)18-7-5-6-8-19(18)26/h5-12H,13-15H2,1-4H3,(H,27,30)/b28-20+. The third-order valence-electron chi connectivity index (χ3n) is 7.81. The highest BCUT2D eigenvalue weighted by Crippen LogP contribution is 2.71. The van der Waals surface area contributed by atoms with Crippen molar-refractivity contribution in [1.29, 1.82) is 0 Å². The molecule has 0 aliphatic heterocycles. The van der Waals surface area contributed by atoms with E-state index in [1.54, 1.807) is 18.2 Å². The highest BCUT2D eigenvalue weighted by molar-refractivity contribution is 9.10. The SMILES string of the molecule is Cc1ccc(NC(=O)C23CCC(C)(/C(=N/OC(=O)c4ccccc4Br)C2)C3(C)C)cc1. The molecule has 2 unspecified atom stereocenters. The summed E-state index contributed by atoms with van der Waals surface area (Å²) in [5.74, 6) is -0.505. The Morgan fingerprint density at radius 1 is 1.03 bits per heavy atom. The number of anilines is 1. The van der Waals surface area contributed by atoms with Gasteiger partial charge in [0.15, 0.2) is 0 Å². The minimum absolute atomic E-state index is 0.00686. The number of carbonyl (C=O) groups excluding carboxylic acids is 2. The smallest absolute Gasteiger partial charge is 0.326 e. The normalized spacial score (nSPS) is 27.3. The molecule has 2 aliphatic carbocycles. The van der Waals surface area contributed by atoms with Crippen molar-refractivity contribution < 1.29 is 14.4 Å². The van der Waals surface area contributed by atoms with Gasteiger partial charge in [0.2, 0.25) is 5.91 Å². The molecular formula is C25H27BrN2O3. The van der Waals surface area contributed by atoms with E-state index < -0.39 is 11.4 Å². The molecule has 0 aromatic heterocycles. The number of fused-ring (bicyclic) bond motifs is 2. The van der Waals surface area contributed by atoms with Gasteiger partial charge in [-0.25, -0.2) is 4.79 Å². The fourth-order valence-corrected chi connectivity index (χ4v) is 5.63. The topological polar surface area (TPSA) is 67.8 Å². The first-order valence-electron chi connectivity index (χ1n) is 10.5. The van der Waals surface area contributed by atoms with Crippen LogP contribution in [0.2, 0.25) is 0 Å². The Labute approximate surface area is 191 Å². The lowest BCUT2D eigenvalue weighted by molar-refractivity contribution is -0.130. The lowest BCUT2D eigenvalue weighted by Gasteiger charge is -2.39. The summed E-state index contributed by atoms with van der Waals surface area (Å²) in [7, 11) is 0. The second kappa shape index (κ2) is 7.59. The van der Waals surface area contributed by atoms with Crippen molar-refractivity contribution in [3.05, 3.63) is 64.1 Å². The van der Waals surface area contributed by atoms with E-state index in [-0.39, 0.29) is 16.7 Å². The van der Waals surface area contributed by atoms with E-state index in [2.05, 4.69) is 47.2 Å². The fourth-order valence-electron chi connectivity index (χ4n) is 5.18. The first-order valence-corrected chi connectivity index (χ1v) is 11.3. The molecule has 31 heavy (non-hydrogen) atoms. The average Bonchev–Trinajstić information content (AvgIpc) is 3.04. The molecule has 0 heterocycles. The minimum atomic E-state index is -0.592. The van der Waals surface area contributed by atoms with Crippen LogP contribution in [-0.4, -0.2) is 17.6 Å². The van der Waals surface area contributed by atoms with Gasteiger partial charge in [-0.15, -0.1) is 0 Å². The number of aryl methyl sites for hydroxylation is 1. The van der Waals surface area contributed by atoms with Crippen molar-refractivity contribution >= 4 is 39.2 Å². The van der Waals surface area contributed by atoms with Crippen molar-refractivity contribution in [2.24, 2.45) is 21.4 Å². The Morgan fingerprint density at radius 3 is 2.39 bits per heavy atom. The number of rotatable bonds is 4. The molecule has 1 N–H and O–H groups in total. The first kappa shape index (κ1) is 21.8. The monoisotopic (exact) mass is 482 g/mol. The van der Waals surface area contributed by atoms with Gasteiger partial charge in [-0.2, -0.15) is 0 Å². The van der Waals surface area contributed by atoms with Gasteiger partial charge in [0.25, 0.3) is 0 Å². The van der Waals surface area contributed by atoms with Crippen molar-refractivity contribution in [2.45, 2.75) is 47.0 Å². The van der Waals surface area contributed by atoms with E-state index in [4.69, 9.17) is 4.84 Å². The summed E-state index contributed by atoms with van der Waals surface area (Å²) in [6.07, 6.45) is 2.09. The number of benzene rings is 2. The van der Waals surface area contributed by atoms with E-state index in [1.807, 2.05) is 37.3 Å². The molecule has 162 valence electrons. The molecule has 2 bridgehead atoms. The van der Waals surface area contributed by atoms with Gasteiger partial charge in [-0.3, -0.25) is 4.79 Å². The number of nitrogens with one attached hydrogen (secondary N) is 1. The zero-order valence-electron chi connectivity index (χ0n) is 18.3. The van der Waals surface area contributed by atoms with Crippen LogP contribution in [0.5, 0.6) is 0 Å². The number of hydrogen-bond acceptors (Lipinski definition) is 4. The molecule has 2 saturated carbocycles. The van der Waals surface area contributed by atoms with Gasteiger partial charge < -0.3 is 10.2 Å². The Bertz CT molecular complexity index is 1080. The molecule has 2 aliphatic rings. The van der Waals surface area contributed by atoms with Crippen molar-refractivity contribution in [3.8, 4) is 0 Å². The molecule has 0 radical (unpaired) electrons. The van der Waals surface area contributed by atoms with Crippen LogP contribution < -0.4 is 5.32 Å². The second-order valence-corrected chi connectivity index (χ2v) is 10.3. The highest BCUT2D eigenvalue weighted by Gasteiger charge is 2.71. The minimum Gasteiger partial charge on any atom is -0.326 e. The molecule has 0 saturated heterocycles. The van der Waals surface area contributed by atoms with Crippen LogP contribution in [0.25, 0.3) is 0 Å². The number of oxime groups is 1. The zero-order valence-corrected chi connectivity index (χ0v) is 19.9. The molecule has 6 heteroatoms. The van der Waals surface area contributed by atoms with Crippen LogP contribution in [0.1, 0.15) is 56.0 Å². The predicted molar refractivity (Wildman–Crippen MR) is 125 cm³/mol. The Hall–Kier alpha value is -2.47. The predicted octanol–water partition coefficient (Wildman–Crippen LogP) is 6.13. The Morgan fingerprint density at radius 2 is 1.71 bits per heavy atom. The van der Waals surface area contributed by atoms with E-state index in [0.717, 1.165) is 29.8 Å². The van der Waals surface area contributed by atoms with Crippen LogP contribution in [0.4, 0.5) is 5.69 Å². The van der Waals surface area contributed by atoms with Crippen LogP contribution in [-0.2, 0) is 9.63 Å². The van der Waals surface area contributed by atoms with E-state index in [0.29, 0.717) is 16.5 Å². The number of nitrogens with zero attached hydrogens (tertiary/aromatic N) is 1.